The Morgan fingerprint density at radius 1 is 0.853 bits per heavy atom. The summed E-state index contributed by atoms with van der Waals surface area (Å²) in [5.74, 6) is 0.977. The molecule has 34 heavy (non-hydrogen) atoms. The molecule has 194 valence electrons. The molecule has 0 bridgehead atoms. The van der Waals surface area contributed by atoms with Crippen molar-refractivity contribution in [3.63, 3.8) is 0 Å². The highest BCUT2D eigenvalue weighted by atomic mass is 127. The minimum absolute atomic E-state index is 0.00188. The van der Waals surface area contributed by atoms with Gasteiger partial charge >= 0.3 is 0 Å². The zero-order chi connectivity index (χ0) is 24.4. The Balaban J connectivity index is 1.45. The smallest absolute Gasteiger partial charge is 0.252 e. The van der Waals surface area contributed by atoms with Crippen molar-refractivity contribution in [3.8, 4) is 0 Å². The van der Waals surface area contributed by atoms with E-state index in [4.69, 9.17) is 0 Å². The number of piperazine rings is 1. The molecule has 0 aromatic carbocycles. The minimum Gasteiger partial charge on any atom is -0.354 e. The van der Waals surface area contributed by atoms with Gasteiger partial charge in [0.05, 0.1) is 5.56 Å². The number of nitrogens with one attached hydrogen (secondary N) is 1. The number of anilines is 1. The Labute approximate surface area is 223 Å². The molecule has 1 fully saturated rings. The van der Waals surface area contributed by atoms with E-state index in [1.54, 1.807) is 6.20 Å². The Hall–Kier alpha value is -0.890. The molecule has 5 nitrogen and oxygen atoms in total. The highest BCUT2D eigenvalue weighted by Crippen LogP contribution is 2.16. The number of unbranched alkanes of at least 4 members (excludes halogenated alkanes) is 12. The van der Waals surface area contributed by atoms with Crippen LogP contribution < -0.4 is 10.2 Å². The molecule has 2 rings (SSSR count). The van der Waals surface area contributed by atoms with Crippen LogP contribution in [0.2, 0.25) is 0 Å². The second-order valence-electron chi connectivity index (χ2n) is 10.1. The molecule has 1 saturated heterocycles. The number of amides is 1. The number of nitrogens with zero attached hydrogens (tertiary/aromatic N) is 3. The van der Waals surface area contributed by atoms with E-state index < -0.39 is 0 Å². The van der Waals surface area contributed by atoms with Gasteiger partial charge in [0.15, 0.2) is 0 Å². The maximum absolute atomic E-state index is 12.4. The van der Waals surface area contributed by atoms with Crippen LogP contribution in [0.5, 0.6) is 0 Å². The van der Waals surface area contributed by atoms with Gasteiger partial charge in [-0.3, -0.25) is 9.69 Å². The number of carbonyl (C=O) groups is 1. The molecule has 0 spiro atoms. The van der Waals surface area contributed by atoms with Crippen molar-refractivity contribution in [2.75, 3.05) is 42.1 Å². The Bertz CT molecular complexity index is 644. The SMILES string of the molecule is CC(C)N1CCN(c2ccc(C(=O)NCCCCCCCCCCCCCCCI)cn2)CC1. The number of rotatable bonds is 18. The van der Waals surface area contributed by atoms with Crippen LogP contribution in [0.25, 0.3) is 0 Å². The first-order chi connectivity index (χ1) is 16.6. The van der Waals surface area contributed by atoms with Crippen LogP contribution in [0.1, 0.15) is 108 Å². The molecular weight excluding hydrogens is 535 g/mol. The molecule has 2 heterocycles. The van der Waals surface area contributed by atoms with Crippen LogP contribution in [0, 0.1) is 0 Å². The molecular formula is C28H49IN4O. The van der Waals surface area contributed by atoms with E-state index in [0.717, 1.165) is 45.0 Å². The summed E-state index contributed by atoms with van der Waals surface area (Å²) in [4.78, 5) is 21.8. The third-order valence-electron chi connectivity index (χ3n) is 6.97. The van der Waals surface area contributed by atoms with Gasteiger partial charge in [-0.05, 0) is 43.2 Å². The molecule has 0 aliphatic carbocycles. The number of halogens is 1. The predicted molar refractivity (Wildman–Crippen MR) is 154 cm³/mol. The normalized spacial score (nSPS) is 14.6. The monoisotopic (exact) mass is 584 g/mol. The van der Waals surface area contributed by atoms with E-state index in [1.807, 2.05) is 12.1 Å². The summed E-state index contributed by atoms with van der Waals surface area (Å²) >= 11 is 2.48. The number of alkyl halides is 1. The lowest BCUT2D eigenvalue weighted by atomic mass is 10.0. The van der Waals surface area contributed by atoms with Crippen LogP contribution in [-0.2, 0) is 0 Å². The van der Waals surface area contributed by atoms with Crippen molar-refractivity contribution >= 4 is 34.3 Å². The van der Waals surface area contributed by atoms with Crippen molar-refractivity contribution < 1.29 is 4.79 Å². The lowest BCUT2D eigenvalue weighted by Gasteiger charge is -2.37. The molecule has 1 amide bonds. The summed E-state index contributed by atoms with van der Waals surface area (Å²) in [6.07, 6.45) is 19.3. The second kappa shape index (κ2) is 18.4. The standard InChI is InChI=1S/C28H49IN4O/c1-25(2)32-20-22-33(23-21-32)27-17-16-26(24-31-27)28(34)30-19-15-13-11-9-7-5-3-4-6-8-10-12-14-18-29/h16-17,24-25H,3-15,18-23H2,1-2H3,(H,30,34). The van der Waals surface area contributed by atoms with Crippen molar-refractivity contribution in [1.82, 2.24) is 15.2 Å². The van der Waals surface area contributed by atoms with E-state index in [9.17, 15) is 4.79 Å². The minimum atomic E-state index is -0.00188. The van der Waals surface area contributed by atoms with Crippen LogP contribution in [0.3, 0.4) is 0 Å². The molecule has 1 aliphatic rings. The van der Waals surface area contributed by atoms with Crippen LogP contribution in [0.4, 0.5) is 5.82 Å². The van der Waals surface area contributed by atoms with E-state index in [-0.39, 0.29) is 5.91 Å². The zero-order valence-corrected chi connectivity index (χ0v) is 24.0. The molecule has 1 aromatic heterocycles. The van der Waals surface area contributed by atoms with Crippen molar-refractivity contribution in [3.05, 3.63) is 23.9 Å². The molecule has 0 unspecified atom stereocenters. The topological polar surface area (TPSA) is 48.5 Å². The summed E-state index contributed by atoms with van der Waals surface area (Å²) in [5, 5.41) is 3.06. The van der Waals surface area contributed by atoms with Gasteiger partial charge in [-0.1, -0.05) is 93.2 Å². The van der Waals surface area contributed by atoms with E-state index in [0.29, 0.717) is 11.6 Å². The Morgan fingerprint density at radius 3 is 1.85 bits per heavy atom. The molecule has 0 radical (unpaired) electrons. The lowest BCUT2D eigenvalue weighted by molar-refractivity contribution is 0.0952. The van der Waals surface area contributed by atoms with Gasteiger partial charge in [-0.25, -0.2) is 4.98 Å². The first-order valence-corrected chi connectivity index (χ1v) is 15.4. The fourth-order valence-corrected chi connectivity index (χ4v) is 5.18. The molecule has 0 saturated carbocycles. The molecule has 0 atom stereocenters. The maximum atomic E-state index is 12.4. The van der Waals surface area contributed by atoms with Crippen molar-refractivity contribution in [1.29, 1.82) is 0 Å². The average molecular weight is 585 g/mol. The quantitative estimate of drug-likeness (QED) is 0.117. The van der Waals surface area contributed by atoms with E-state index >= 15 is 0 Å². The van der Waals surface area contributed by atoms with Crippen molar-refractivity contribution in [2.24, 2.45) is 0 Å². The predicted octanol–water partition coefficient (Wildman–Crippen LogP) is 6.85. The van der Waals surface area contributed by atoms with E-state index in [1.165, 1.54) is 81.5 Å². The molecule has 1 N–H and O–H groups in total. The van der Waals surface area contributed by atoms with Gasteiger partial charge in [0.1, 0.15) is 5.82 Å². The molecule has 1 aliphatic heterocycles. The third-order valence-corrected chi connectivity index (χ3v) is 7.74. The summed E-state index contributed by atoms with van der Waals surface area (Å²) < 4.78 is 1.31. The highest BCUT2D eigenvalue weighted by molar-refractivity contribution is 14.1. The number of hydrogen-bond acceptors (Lipinski definition) is 4. The van der Waals surface area contributed by atoms with Crippen LogP contribution >= 0.6 is 22.6 Å². The number of carbonyl (C=O) groups excluding carboxylic acids is 1. The second-order valence-corrected chi connectivity index (χ2v) is 11.1. The van der Waals surface area contributed by atoms with Gasteiger partial charge in [0, 0.05) is 45.0 Å². The first-order valence-electron chi connectivity index (χ1n) is 13.9. The summed E-state index contributed by atoms with van der Waals surface area (Å²) in [7, 11) is 0. The largest absolute Gasteiger partial charge is 0.354 e. The Kier molecular flexibility index (Phi) is 15.9. The van der Waals surface area contributed by atoms with Gasteiger partial charge in [-0.2, -0.15) is 0 Å². The highest BCUT2D eigenvalue weighted by Gasteiger charge is 2.19. The fraction of sp³-hybridized carbons (Fsp3) is 0.786. The molecule has 6 heteroatoms. The summed E-state index contributed by atoms with van der Waals surface area (Å²) in [5.41, 5.74) is 0.662. The van der Waals surface area contributed by atoms with Gasteiger partial charge < -0.3 is 10.2 Å². The van der Waals surface area contributed by atoms with Crippen LogP contribution in [0.15, 0.2) is 18.3 Å². The number of aromatic nitrogens is 1. The van der Waals surface area contributed by atoms with Crippen molar-refractivity contribution in [2.45, 2.75) is 103 Å². The van der Waals surface area contributed by atoms with E-state index in [2.05, 4.69) is 56.5 Å². The average Bonchev–Trinajstić information content (AvgIpc) is 2.86. The van der Waals surface area contributed by atoms with Gasteiger partial charge in [0.2, 0.25) is 0 Å². The van der Waals surface area contributed by atoms with Gasteiger partial charge in [-0.15, -0.1) is 0 Å². The fourth-order valence-electron chi connectivity index (χ4n) is 4.64. The third kappa shape index (κ3) is 12.2. The Morgan fingerprint density at radius 2 is 1.38 bits per heavy atom. The molecule has 1 aromatic rings. The maximum Gasteiger partial charge on any atom is 0.252 e. The van der Waals surface area contributed by atoms with Crippen LogP contribution in [-0.4, -0.2) is 59.0 Å². The number of hydrogen-bond donors (Lipinski definition) is 1. The lowest BCUT2D eigenvalue weighted by Crippen LogP contribution is -2.49. The first kappa shape index (κ1) is 29.3. The summed E-state index contributed by atoms with van der Waals surface area (Å²) in [6, 6.07) is 4.50. The summed E-state index contributed by atoms with van der Waals surface area (Å²) in [6.45, 7) is 9.39. The van der Waals surface area contributed by atoms with Gasteiger partial charge in [0.25, 0.3) is 5.91 Å². The zero-order valence-electron chi connectivity index (χ0n) is 21.9. The number of pyridine rings is 1.